The summed E-state index contributed by atoms with van der Waals surface area (Å²) in [7, 11) is 1.65. The lowest BCUT2D eigenvalue weighted by molar-refractivity contribution is 0.388. The first-order chi connectivity index (χ1) is 16.5. The molecular weight excluding hydrogens is 434 g/mol. The van der Waals surface area contributed by atoms with E-state index in [9.17, 15) is 9.59 Å². The third kappa shape index (κ3) is 3.17. The van der Waals surface area contributed by atoms with Crippen molar-refractivity contribution in [2.24, 2.45) is 13.0 Å². The molecular formula is C24H25N7O3. The van der Waals surface area contributed by atoms with Crippen LogP contribution in [0.3, 0.4) is 0 Å². The Bertz CT molecular complexity index is 1540. The van der Waals surface area contributed by atoms with E-state index in [2.05, 4.69) is 15.4 Å². The van der Waals surface area contributed by atoms with Crippen molar-refractivity contribution in [3.63, 3.8) is 0 Å². The summed E-state index contributed by atoms with van der Waals surface area (Å²) < 4.78 is 9.73. The molecule has 1 atom stereocenters. The summed E-state index contributed by atoms with van der Waals surface area (Å²) in [5.74, 6) is 1.73. The van der Waals surface area contributed by atoms with Crippen molar-refractivity contribution in [3.05, 3.63) is 86.2 Å². The zero-order valence-electron chi connectivity index (χ0n) is 19.1. The van der Waals surface area contributed by atoms with Crippen LogP contribution >= 0.6 is 0 Å². The van der Waals surface area contributed by atoms with Gasteiger partial charge in [0.05, 0.1) is 13.1 Å². The topological polar surface area (TPSA) is 103 Å². The molecule has 0 aliphatic carbocycles. The van der Waals surface area contributed by atoms with Gasteiger partial charge in [-0.2, -0.15) is 4.98 Å². The first-order valence-corrected chi connectivity index (χ1v) is 11.4. The van der Waals surface area contributed by atoms with Crippen molar-refractivity contribution in [1.29, 1.82) is 0 Å². The fraction of sp³-hybridized carbons (Fsp3) is 0.333. The van der Waals surface area contributed by atoms with Gasteiger partial charge in [-0.1, -0.05) is 35.5 Å². The van der Waals surface area contributed by atoms with E-state index in [-0.39, 0.29) is 12.1 Å². The molecule has 1 N–H and O–H groups in total. The molecule has 0 saturated carbocycles. The van der Waals surface area contributed by atoms with E-state index in [0.29, 0.717) is 41.0 Å². The summed E-state index contributed by atoms with van der Waals surface area (Å²) in [4.78, 5) is 34.0. The highest BCUT2D eigenvalue weighted by atomic mass is 16.5. The van der Waals surface area contributed by atoms with Gasteiger partial charge in [-0.05, 0) is 18.9 Å². The van der Waals surface area contributed by atoms with Gasteiger partial charge in [-0.15, -0.1) is 0 Å². The minimum Gasteiger partial charge on any atom is -0.389 e. The van der Waals surface area contributed by atoms with Gasteiger partial charge in [0.1, 0.15) is 11.5 Å². The number of aryl methyl sites for hydroxylation is 2. The lowest BCUT2D eigenvalue weighted by Crippen LogP contribution is -2.40. The van der Waals surface area contributed by atoms with E-state index in [4.69, 9.17) is 9.51 Å². The Balaban J connectivity index is 1.58. The largest absolute Gasteiger partial charge is 0.389 e. The lowest BCUT2D eigenvalue weighted by Gasteiger charge is -2.20. The second-order valence-corrected chi connectivity index (χ2v) is 8.93. The molecule has 0 spiro atoms. The maximum absolute atomic E-state index is 13.8. The molecule has 3 aromatic heterocycles. The number of aromatic nitrogens is 5. The highest BCUT2D eigenvalue weighted by molar-refractivity contribution is 5.75. The number of hydrogen-bond acceptors (Lipinski definition) is 7. The number of imidazole rings is 1. The van der Waals surface area contributed by atoms with Crippen molar-refractivity contribution in [2.75, 3.05) is 18.0 Å². The third-order valence-electron chi connectivity index (χ3n) is 6.68. The van der Waals surface area contributed by atoms with Gasteiger partial charge in [0, 0.05) is 44.0 Å². The predicted octanol–water partition coefficient (Wildman–Crippen LogP) is 1.56. The molecule has 10 nitrogen and oxygen atoms in total. The number of nitrogens with zero attached hydrogens (tertiary/aromatic N) is 6. The fourth-order valence-corrected chi connectivity index (χ4v) is 4.98. The number of rotatable bonds is 5. The summed E-state index contributed by atoms with van der Waals surface area (Å²) in [5.41, 5.74) is 2.70. The number of benzene rings is 1. The highest BCUT2D eigenvalue weighted by Gasteiger charge is 2.35. The third-order valence-corrected chi connectivity index (χ3v) is 6.68. The Labute approximate surface area is 194 Å². The van der Waals surface area contributed by atoms with E-state index in [1.54, 1.807) is 20.0 Å². The monoisotopic (exact) mass is 459 g/mol. The standard InChI is InChI=1S/C24H25N7O3/c1-15-10-18(27-34-15)14-31-22(32)20-21(28(2)24(31)33)26-23(29-9-8-17-11-25-12-19(17)29)30(20)13-16-6-4-3-5-7-16/h3-7,10,12,17,25H,8-9,11,13-14H2,1-2H3. The van der Waals surface area contributed by atoms with Crippen molar-refractivity contribution in [3.8, 4) is 0 Å². The van der Waals surface area contributed by atoms with Gasteiger partial charge in [0.2, 0.25) is 5.95 Å². The zero-order valence-corrected chi connectivity index (χ0v) is 19.1. The Hall–Kier alpha value is -4.08. The SMILES string of the molecule is Cc1cc(Cn2c(=O)c3c(nc(N4CCC5CNC=C54)n3Cc3ccccc3)n(C)c2=O)no1. The van der Waals surface area contributed by atoms with E-state index in [1.165, 1.54) is 14.8 Å². The van der Waals surface area contributed by atoms with E-state index >= 15 is 0 Å². The number of hydrogen-bond donors (Lipinski definition) is 1. The Morgan fingerprint density at radius 3 is 2.74 bits per heavy atom. The second kappa shape index (κ2) is 7.75. The fourth-order valence-electron chi connectivity index (χ4n) is 4.98. The average Bonchev–Trinajstić information content (AvgIpc) is 3.60. The maximum atomic E-state index is 13.8. The van der Waals surface area contributed by atoms with Gasteiger partial charge >= 0.3 is 5.69 Å². The van der Waals surface area contributed by atoms with Gasteiger partial charge in [-0.25, -0.2) is 4.79 Å². The Morgan fingerprint density at radius 2 is 1.97 bits per heavy atom. The molecule has 10 heteroatoms. The molecule has 34 heavy (non-hydrogen) atoms. The number of anilines is 1. The summed E-state index contributed by atoms with van der Waals surface area (Å²) in [6.07, 6.45) is 3.05. The minimum absolute atomic E-state index is 0.0332. The van der Waals surface area contributed by atoms with Crippen LogP contribution in [0.4, 0.5) is 5.95 Å². The average molecular weight is 460 g/mol. The van der Waals surface area contributed by atoms with Crippen molar-refractivity contribution in [1.82, 2.24) is 29.2 Å². The van der Waals surface area contributed by atoms with E-state index in [0.717, 1.165) is 25.1 Å². The van der Waals surface area contributed by atoms with Crippen LogP contribution in [0.2, 0.25) is 0 Å². The minimum atomic E-state index is -0.435. The van der Waals surface area contributed by atoms with Crippen LogP contribution in [0.25, 0.3) is 11.2 Å². The highest BCUT2D eigenvalue weighted by Crippen LogP contribution is 2.35. The molecule has 2 aliphatic heterocycles. The molecule has 2 aliphatic rings. The summed E-state index contributed by atoms with van der Waals surface area (Å²) in [6, 6.07) is 11.7. The van der Waals surface area contributed by atoms with Gasteiger partial charge in [0.25, 0.3) is 5.56 Å². The summed E-state index contributed by atoms with van der Waals surface area (Å²) in [5, 5.41) is 7.29. The van der Waals surface area contributed by atoms with Crippen LogP contribution in [0.15, 0.2) is 62.4 Å². The first kappa shape index (κ1) is 20.5. The zero-order chi connectivity index (χ0) is 23.4. The molecule has 4 aromatic rings. The van der Waals surface area contributed by atoms with Crippen LogP contribution in [0.1, 0.15) is 23.4 Å². The number of fused-ring (bicyclic) bond motifs is 2. The van der Waals surface area contributed by atoms with Crippen molar-refractivity contribution >= 4 is 17.1 Å². The Morgan fingerprint density at radius 1 is 1.15 bits per heavy atom. The normalized spacial score (nSPS) is 17.3. The van der Waals surface area contributed by atoms with Crippen molar-refractivity contribution in [2.45, 2.75) is 26.4 Å². The first-order valence-electron chi connectivity index (χ1n) is 11.4. The van der Waals surface area contributed by atoms with Gasteiger partial charge < -0.3 is 14.7 Å². The van der Waals surface area contributed by atoms with Crippen LogP contribution in [0, 0.1) is 12.8 Å². The molecule has 1 saturated heterocycles. The smallest absolute Gasteiger partial charge is 0.332 e. The molecule has 6 rings (SSSR count). The van der Waals surface area contributed by atoms with Crippen LogP contribution in [0.5, 0.6) is 0 Å². The van der Waals surface area contributed by atoms with Crippen LogP contribution < -0.4 is 21.5 Å². The maximum Gasteiger partial charge on any atom is 0.332 e. The lowest BCUT2D eigenvalue weighted by atomic mass is 10.1. The Kier molecular flexibility index (Phi) is 4.68. The second-order valence-electron chi connectivity index (χ2n) is 8.93. The van der Waals surface area contributed by atoms with E-state index in [1.807, 2.05) is 41.1 Å². The summed E-state index contributed by atoms with van der Waals surface area (Å²) in [6.45, 7) is 4.00. The van der Waals surface area contributed by atoms with Crippen LogP contribution in [-0.2, 0) is 20.1 Å². The van der Waals surface area contributed by atoms with Crippen molar-refractivity contribution < 1.29 is 4.52 Å². The van der Waals surface area contributed by atoms with E-state index < -0.39 is 5.69 Å². The molecule has 174 valence electrons. The quantitative estimate of drug-likeness (QED) is 0.483. The van der Waals surface area contributed by atoms with Gasteiger partial charge in [0.15, 0.2) is 11.2 Å². The number of nitrogens with one attached hydrogen (secondary N) is 1. The predicted molar refractivity (Wildman–Crippen MR) is 127 cm³/mol. The molecule has 0 radical (unpaired) electrons. The molecule has 1 aromatic carbocycles. The van der Waals surface area contributed by atoms with Gasteiger partial charge in [-0.3, -0.25) is 18.5 Å². The molecule has 5 heterocycles. The molecule has 1 unspecified atom stereocenters. The molecule has 1 fully saturated rings. The molecule has 0 bridgehead atoms. The van der Waals surface area contributed by atoms with Crippen LogP contribution in [-0.4, -0.2) is 36.9 Å². The summed E-state index contributed by atoms with van der Waals surface area (Å²) >= 11 is 0. The molecule has 0 amide bonds.